The minimum absolute atomic E-state index is 0.323. The molecule has 1 fully saturated rings. The molecule has 1 aliphatic heterocycles. The van der Waals surface area contributed by atoms with Gasteiger partial charge in [-0.15, -0.1) is 21.5 Å². The summed E-state index contributed by atoms with van der Waals surface area (Å²) in [4.78, 5) is 3.85. The summed E-state index contributed by atoms with van der Waals surface area (Å²) in [5, 5.41) is 11.3. The topological polar surface area (TPSA) is 42.2 Å². The summed E-state index contributed by atoms with van der Waals surface area (Å²) in [5.74, 6) is 1.63. The van der Waals surface area contributed by atoms with E-state index >= 15 is 0 Å². The lowest BCUT2D eigenvalue weighted by Crippen LogP contribution is -2.19. The third-order valence-electron chi connectivity index (χ3n) is 4.11. The Morgan fingerprint density at radius 1 is 1.22 bits per heavy atom. The van der Waals surface area contributed by atoms with Crippen molar-refractivity contribution in [3.8, 4) is 11.5 Å². The second-order valence-corrected chi connectivity index (χ2v) is 7.22. The van der Waals surface area contributed by atoms with Gasteiger partial charge in [0, 0.05) is 28.6 Å². The first-order valence-electron chi connectivity index (χ1n) is 7.62. The van der Waals surface area contributed by atoms with Crippen molar-refractivity contribution in [1.29, 1.82) is 0 Å². The molecule has 1 aliphatic rings. The van der Waals surface area contributed by atoms with E-state index < -0.39 is 0 Å². The van der Waals surface area contributed by atoms with Crippen molar-refractivity contribution in [2.45, 2.75) is 18.9 Å². The van der Waals surface area contributed by atoms with Gasteiger partial charge in [0.2, 0.25) is 11.8 Å². The molecule has 2 aromatic heterocycles. The smallest absolute Gasteiger partial charge is 0.247 e. The van der Waals surface area contributed by atoms with Crippen molar-refractivity contribution >= 4 is 22.9 Å². The monoisotopic (exact) mass is 345 g/mol. The fraction of sp³-hybridized carbons (Fsp3) is 0.294. The van der Waals surface area contributed by atoms with Gasteiger partial charge in [0.25, 0.3) is 0 Å². The number of hydrogen-bond donors (Lipinski definition) is 0. The van der Waals surface area contributed by atoms with Crippen LogP contribution in [0.3, 0.4) is 0 Å². The quantitative estimate of drug-likeness (QED) is 0.701. The third-order valence-corrected chi connectivity index (χ3v) is 5.23. The van der Waals surface area contributed by atoms with Crippen molar-refractivity contribution in [3.05, 3.63) is 57.6 Å². The van der Waals surface area contributed by atoms with Crippen LogP contribution in [0.15, 0.2) is 46.2 Å². The van der Waals surface area contributed by atoms with Crippen LogP contribution in [0.5, 0.6) is 0 Å². The van der Waals surface area contributed by atoms with Crippen LogP contribution in [-0.4, -0.2) is 28.2 Å². The average Bonchev–Trinajstić information content (AvgIpc) is 3.29. The van der Waals surface area contributed by atoms with E-state index in [-0.39, 0.29) is 0 Å². The normalized spacial score (nSPS) is 18.6. The summed E-state index contributed by atoms with van der Waals surface area (Å²) < 4.78 is 5.89. The SMILES string of the molecule is Clc1ccc(-c2nnc([C@H]3CCN(Cc4cccs4)C3)o2)cc1. The maximum absolute atomic E-state index is 5.91. The van der Waals surface area contributed by atoms with Gasteiger partial charge < -0.3 is 4.42 Å². The summed E-state index contributed by atoms with van der Waals surface area (Å²) in [6.07, 6.45) is 1.06. The average molecular weight is 346 g/mol. The van der Waals surface area contributed by atoms with Crippen LogP contribution in [0, 0.1) is 0 Å². The van der Waals surface area contributed by atoms with E-state index in [0.29, 0.717) is 16.8 Å². The van der Waals surface area contributed by atoms with Crippen LogP contribution in [0.1, 0.15) is 23.1 Å². The number of thiophene rings is 1. The van der Waals surface area contributed by atoms with Gasteiger partial charge in [-0.25, -0.2) is 0 Å². The minimum Gasteiger partial charge on any atom is -0.420 e. The van der Waals surface area contributed by atoms with E-state index in [4.69, 9.17) is 16.0 Å². The molecule has 0 aliphatic carbocycles. The molecule has 3 heterocycles. The second kappa shape index (κ2) is 6.43. The van der Waals surface area contributed by atoms with Gasteiger partial charge in [0.15, 0.2) is 0 Å². The summed E-state index contributed by atoms with van der Waals surface area (Å²) in [6, 6.07) is 11.8. The van der Waals surface area contributed by atoms with E-state index in [0.717, 1.165) is 37.5 Å². The van der Waals surface area contributed by atoms with Gasteiger partial charge >= 0.3 is 0 Å². The van der Waals surface area contributed by atoms with Crippen LogP contribution in [0.2, 0.25) is 5.02 Å². The first-order chi connectivity index (χ1) is 11.3. The van der Waals surface area contributed by atoms with Crippen LogP contribution in [0.25, 0.3) is 11.5 Å². The van der Waals surface area contributed by atoms with Crippen LogP contribution >= 0.6 is 22.9 Å². The molecule has 0 unspecified atom stereocenters. The number of hydrogen-bond acceptors (Lipinski definition) is 5. The standard InChI is InChI=1S/C17H16ClN3OS/c18-14-5-3-12(4-6-14)16-19-20-17(22-16)13-7-8-21(10-13)11-15-2-1-9-23-15/h1-6,9,13H,7-8,10-11H2/t13-/m0/s1. The maximum Gasteiger partial charge on any atom is 0.247 e. The number of benzene rings is 1. The number of aromatic nitrogens is 2. The number of nitrogens with zero attached hydrogens (tertiary/aromatic N) is 3. The van der Waals surface area contributed by atoms with Gasteiger partial charge in [-0.3, -0.25) is 4.90 Å². The molecule has 0 amide bonds. The molecule has 4 nitrogen and oxygen atoms in total. The van der Waals surface area contributed by atoms with E-state index in [1.54, 1.807) is 11.3 Å². The molecule has 3 aromatic rings. The fourth-order valence-corrected chi connectivity index (χ4v) is 3.78. The molecule has 23 heavy (non-hydrogen) atoms. The summed E-state index contributed by atoms with van der Waals surface area (Å²) in [7, 11) is 0. The Morgan fingerprint density at radius 2 is 2.09 bits per heavy atom. The Morgan fingerprint density at radius 3 is 2.87 bits per heavy atom. The van der Waals surface area contributed by atoms with Gasteiger partial charge in [0.1, 0.15) is 0 Å². The molecule has 4 rings (SSSR count). The predicted molar refractivity (Wildman–Crippen MR) is 91.7 cm³/mol. The van der Waals surface area contributed by atoms with Crippen LogP contribution < -0.4 is 0 Å². The molecule has 0 saturated carbocycles. The van der Waals surface area contributed by atoms with Crippen LogP contribution in [0.4, 0.5) is 0 Å². The Bertz CT molecular complexity index is 770. The van der Waals surface area contributed by atoms with E-state index in [1.807, 2.05) is 24.3 Å². The van der Waals surface area contributed by atoms with E-state index in [9.17, 15) is 0 Å². The minimum atomic E-state index is 0.323. The molecular formula is C17H16ClN3OS. The summed E-state index contributed by atoms with van der Waals surface area (Å²) >= 11 is 7.72. The highest BCUT2D eigenvalue weighted by Crippen LogP contribution is 2.30. The first kappa shape index (κ1) is 14.9. The van der Waals surface area contributed by atoms with Crippen LogP contribution in [-0.2, 0) is 6.54 Å². The van der Waals surface area contributed by atoms with Gasteiger partial charge in [-0.05, 0) is 48.7 Å². The third kappa shape index (κ3) is 3.32. The Kier molecular flexibility index (Phi) is 4.16. The molecule has 1 aromatic carbocycles. The van der Waals surface area contributed by atoms with E-state index in [2.05, 4.69) is 32.6 Å². The lowest BCUT2D eigenvalue weighted by Gasteiger charge is -2.13. The molecule has 118 valence electrons. The largest absolute Gasteiger partial charge is 0.420 e. The molecule has 0 spiro atoms. The highest BCUT2D eigenvalue weighted by atomic mass is 35.5. The molecular weight excluding hydrogens is 330 g/mol. The molecule has 1 atom stereocenters. The summed E-state index contributed by atoms with van der Waals surface area (Å²) in [5.41, 5.74) is 0.904. The molecule has 1 saturated heterocycles. The zero-order valence-electron chi connectivity index (χ0n) is 12.5. The van der Waals surface area contributed by atoms with Crippen molar-refractivity contribution in [3.63, 3.8) is 0 Å². The summed E-state index contributed by atoms with van der Waals surface area (Å²) in [6.45, 7) is 3.05. The Balaban J connectivity index is 1.44. The number of likely N-dealkylation sites (tertiary alicyclic amines) is 1. The molecule has 6 heteroatoms. The first-order valence-corrected chi connectivity index (χ1v) is 8.88. The fourth-order valence-electron chi connectivity index (χ4n) is 2.91. The number of rotatable bonds is 4. The number of halogens is 1. The highest BCUT2D eigenvalue weighted by molar-refractivity contribution is 7.09. The zero-order valence-corrected chi connectivity index (χ0v) is 14.1. The van der Waals surface area contributed by atoms with Gasteiger partial charge in [0.05, 0.1) is 5.92 Å². The Labute approximate surface area is 143 Å². The maximum atomic E-state index is 5.91. The van der Waals surface area contributed by atoms with Crippen molar-refractivity contribution in [1.82, 2.24) is 15.1 Å². The highest BCUT2D eigenvalue weighted by Gasteiger charge is 2.28. The van der Waals surface area contributed by atoms with Crippen molar-refractivity contribution in [2.75, 3.05) is 13.1 Å². The second-order valence-electron chi connectivity index (χ2n) is 5.75. The lowest BCUT2D eigenvalue weighted by molar-refractivity contribution is 0.323. The molecule has 0 bridgehead atoms. The molecule has 0 radical (unpaired) electrons. The predicted octanol–water partition coefficient (Wildman–Crippen LogP) is 4.44. The lowest BCUT2D eigenvalue weighted by atomic mass is 10.1. The van der Waals surface area contributed by atoms with Gasteiger partial charge in [-0.2, -0.15) is 0 Å². The van der Waals surface area contributed by atoms with Crippen molar-refractivity contribution in [2.24, 2.45) is 0 Å². The van der Waals surface area contributed by atoms with Crippen molar-refractivity contribution < 1.29 is 4.42 Å². The van der Waals surface area contributed by atoms with E-state index in [1.165, 1.54) is 4.88 Å². The zero-order chi connectivity index (χ0) is 15.6. The Hall–Kier alpha value is -1.69. The van der Waals surface area contributed by atoms with Gasteiger partial charge in [-0.1, -0.05) is 17.7 Å². The molecule has 0 N–H and O–H groups in total.